The summed E-state index contributed by atoms with van der Waals surface area (Å²) in [7, 11) is 0. The molecule has 2 rings (SSSR count). The molecule has 1 aromatic heterocycles. The Labute approximate surface area is 132 Å². The average molecular weight is 313 g/mol. The molecule has 118 valence electrons. The first-order valence-corrected chi connectivity index (χ1v) is 6.84. The quantitative estimate of drug-likeness (QED) is 0.810. The van der Waals surface area contributed by atoms with E-state index in [1.165, 1.54) is 24.5 Å². The summed E-state index contributed by atoms with van der Waals surface area (Å²) < 4.78 is 4.79. The van der Waals surface area contributed by atoms with Crippen molar-refractivity contribution < 1.29 is 19.1 Å². The van der Waals surface area contributed by atoms with Gasteiger partial charge < -0.3 is 10.1 Å². The molecule has 0 aliphatic carbocycles. The van der Waals surface area contributed by atoms with E-state index in [4.69, 9.17) is 4.74 Å². The molecule has 2 N–H and O–H groups in total. The van der Waals surface area contributed by atoms with Gasteiger partial charge in [0.1, 0.15) is 0 Å². The molecule has 23 heavy (non-hydrogen) atoms. The highest BCUT2D eigenvalue weighted by Gasteiger charge is 2.12. The van der Waals surface area contributed by atoms with E-state index in [-0.39, 0.29) is 12.1 Å². The summed E-state index contributed by atoms with van der Waals surface area (Å²) in [5.41, 5.74) is 1.18. The van der Waals surface area contributed by atoms with Crippen molar-refractivity contribution in [2.45, 2.75) is 6.54 Å². The molecule has 7 nitrogen and oxygen atoms in total. The third kappa shape index (κ3) is 5.58. The Morgan fingerprint density at radius 1 is 1.00 bits per heavy atom. The van der Waals surface area contributed by atoms with Gasteiger partial charge in [0.2, 0.25) is 0 Å². The van der Waals surface area contributed by atoms with E-state index >= 15 is 0 Å². The summed E-state index contributed by atoms with van der Waals surface area (Å²) in [6.07, 6.45) is 2.88. The molecule has 0 bridgehead atoms. The molecule has 2 aromatic rings. The van der Waals surface area contributed by atoms with Crippen molar-refractivity contribution in [1.82, 2.24) is 15.6 Å². The molecule has 7 heteroatoms. The number of nitrogens with one attached hydrogen (secondary N) is 2. The Hall–Kier alpha value is -3.22. The lowest BCUT2D eigenvalue weighted by molar-refractivity contribution is -0.123. The Morgan fingerprint density at radius 2 is 1.70 bits per heavy atom. The van der Waals surface area contributed by atoms with Crippen molar-refractivity contribution in [3.8, 4) is 0 Å². The maximum Gasteiger partial charge on any atom is 0.338 e. The summed E-state index contributed by atoms with van der Waals surface area (Å²) in [6.45, 7) is -0.253. The van der Waals surface area contributed by atoms with Crippen LogP contribution in [0.15, 0.2) is 54.9 Å². The second-order valence-electron chi connectivity index (χ2n) is 4.53. The number of aromatic nitrogens is 1. The highest BCUT2D eigenvalue weighted by Crippen LogP contribution is 1.99. The van der Waals surface area contributed by atoms with E-state index in [9.17, 15) is 14.4 Å². The molecule has 0 unspecified atom stereocenters. The normalized spacial score (nSPS) is 9.74. The molecule has 0 spiro atoms. The zero-order chi connectivity index (χ0) is 16.5. The van der Waals surface area contributed by atoms with Gasteiger partial charge >= 0.3 is 12.0 Å². The van der Waals surface area contributed by atoms with E-state index in [1.807, 2.05) is 30.3 Å². The lowest BCUT2D eigenvalue weighted by atomic mass is 10.2. The minimum Gasteiger partial charge on any atom is -0.452 e. The van der Waals surface area contributed by atoms with E-state index in [0.717, 1.165) is 5.56 Å². The molecule has 0 saturated carbocycles. The van der Waals surface area contributed by atoms with Gasteiger partial charge in [-0.15, -0.1) is 0 Å². The largest absolute Gasteiger partial charge is 0.452 e. The van der Waals surface area contributed by atoms with Crippen LogP contribution in [0.5, 0.6) is 0 Å². The number of esters is 1. The number of hydrogen-bond donors (Lipinski definition) is 2. The molecule has 1 aromatic carbocycles. The van der Waals surface area contributed by atoms with Crippen molar-refractivity contribution in [2.24, 2.45) is 0 Å². The molecule has 0 radical (unpaired) electrons. The summed E-state index contributed by atoms with van der Waals surface area (Å²) >= 11 is 0. The molecule has 3 amide bonds. The van der Waals surface area contributed by atoms with Crippen molar-refractivity contribution in [3.63, 3.8) is 0 Å². The van der Waals surface area contributed by atoms with Crippen LogP contribution in [0, 0.1) is 0 Å². The maximum absolute atomic E-state index is 11.6. The average Bonchev–Trinajstić information content (AvgIpc) is 2.59. The Bertz CT molecular complexity index is 674. The van der Waals surface area contributed by atoms with Gasteiger partial charge in [-0.3, -0.25) is 15.1 Å². The highest BCUT2D eigenvalue weighted by molar-refractivity contribution is 5.96. The standard InChI is InChI=1S/C16H15N3O4/c20-14(11-23-15(21)13-6-8-17-9-7-13)19-16(22)18-10-12-4-2-1-3-5-12/h1-9H,10-11H2,(H2,18,19,20,22). The number of rotatable bonds is 5. The second-order valence-corrected chi connectivity index (χ2v) is 4.53. The molecular formula is C16H15N3O4. The topological polar surface area (TPSA) is 97.4 Å². The van der Waals surface area contributed by atoms with E-state index in [1.54, 1.807) is 0 Å². The zero-order valence-electron chi connectivity index (χ0n) is 12.2. The van der Waals surface area contributed by atoms with Crippen LogP contribution in [0.2, 0.25) is 0 Å². The van der Waals surface area contributed by atoms with Crippen LogP contribution in [-0.2, 0) is 16.1 Å². The van der Waals surface area contributed by atoms with Gasteiger partial charge in [-0.1, -0.05) is 30.3 Å². The summed E-state index contributed by atoms with van der Waals surface area (Å²) in [5, 5.41) is 4.61. The summed E-state index contributed by atoms with van der Waals surface area (Å²) in [6, 6.07) is 11.5. The molecule has 0 aliphatic heterocycles. The number of carbonyl (C=O) groups is 3. The molecule has 1 heterocycles. The fraction of sp³-hybridized carbons (Fsp3) is 0.125. The van der Waals surface area contributed by atoms with Gasteiger partial charge in [-0.25, -0.2) is 9.59 Å². The van der Waals surface area contributed by atoms with Gasteiger partial charge in [0, 0.05) is 18.9 Å². The van der Waals surface area contributed by atoms with Crippen LogP contribution in [0.3, 0.4) is 0 Å². The molecule has 0 fully saturated rings. The SMILES string of the molecule is O=C(COC(=O)c1ccncc1)NC(=O)NCc1ccccc1. The van der Waals surface area contributed by atoms with Gasteiger partial charge in [0.25, 0.3) is 5.91 Å². The lowest BCUT2D eigenvalue weighted by Gasteiger charge is -2.07. The number of hydrogen-bond acceptors (Lipinski definition) is 5. The van der Waals surface area contributed by atoms with E-state index < -0.39 is 24.5 Å². The van der Waals surface area contributed by atoms with Crippen LogP contribution in [0.1, 0.15) is 15.9 Å². The number of urea groups is 1. The van der Waals surface area contributed by atoms with Gasteiger partial charge in [-0.05, 0) is 17.7 Å². The van der Waals surface area contributed by atoms with Gasteiger partial charge in [-0.2, -0.15) is 0 Å². The maximum atomic E-state index is 11.6. The van der Waals surface area contributed by atoms with Crippen molar-refractivity contribution in [2.75, 3.05) is 6.61 Å². The third-order valence-corrected chi connectivity index (χ3v) is 2.80. The first kappa shape index (κ1) is 16.2. The second kappa shape index (κ2) is 8.28. The Kier molecular flexibility index (Phi) is 5.81. The predicted molar refractivity (Wildman–Crippen MR) is 81.3 cm³/mol. The molecule has 0 aliphatic rings. The first-order chi connectivity index (χ1) is 11.1. The van der Waals surface area contributed by atoms with Crippen LogP contribution in [0.4, 0.5) is 4.79 Å². The Morgan fingerprint density at radius 3 is 2.39 bits per heavy atom. The van der Waals surface area contributed by atoms with Crippen LogP contribution < -0.4 is 10.6 Å². The van der Waals surface area contributed by atoms with Crippen LogP contribution >= 0.6 is 0 Å². The molecule has 0 saturated heterocycles. The van der Waals surface area contributed by atoms with Crippen molar-refractivity contribution in [1.29, 1.82) is 0 Å². The third-order valence-electron chi connectivity index (χ3n) is 2.80. The van der Waals surface area contributed by atoms with Crippen molar-refractivity contribution >= 4 is 17.9 Å². The minimum atomic E-state index is -0.710. The molecular weight excluding hydrogens is 298 g/mol. The van der Waals surface area contributed by atoms with Gasteiger partial charge in [0.05, 0.1) is 5.56 Å². The van der Waals surface area contributed by atoms with Gasteiger partial charge in [0.15, 0.2) is 6.61 Å². The lowest BCUT2D eigenvalue weighted by Crippen LogP contribution is -2.41. The van der Waals surface area contributed by atoms with E-state index in [0.29, 0.717) is 0 Å². The van der Waals surface area contributed by atoms with Crippen molar-refractivity contribution in [3.05, 3.63) is 66.0 Å². The number of pyridine rings is 1. The fourth-order valence-corrected chi connectivity index (χ4v) is 1.69. The smallest absolute Gasteiger partial charge is 0.338 e. The number of carbonyl (C=O) groups excluding carboxylic acids is 3. The zero-order valence-corrected chi connectivity index (χ0v) is 12.2. The fourth-order valence-electron chi connectivity index (χ4n) is 1.69. The Balaban J connectivity index is 1.70. The number of amides is 3. The number of ether oxygens (including phenoxy) is 1. The first-order valence-electron chi connectivity index (χ1n) is 6.84. The number of nitrogens with zero attached hydrogens (tertiary/aromatic N) is 1. The number of imide groups is 1. The number of benzene rings is 1. The molecule has 0 atom stereocenters. The minimum absolute atomic E-state index is 0.279. The van der Waals surface area contributed by atoms with Crippen LogP contribution in [0.25, 0.3) is 0 Å². The summed E-state index contributed by atoms with van der Waals surface area (Å²) in [4.78, 5) is 38.5. The van der Waals surface area contributed by atoms with Crippen LogP contribution in [-0.4, -0.2) is 29.5 Å². The highest BCUT2D eigenvalue weighted by atomic mass is 16.5. The monoisotopic (exact) mass is 313 g/mol. The summed E-state index contributed by atoms with van der Waals surface area (Å²) in [5.74, 6) is -1.37. The predicted octanol–water partition coefficient (Wildman–Crippen LogP) is 1.26. The van der Waals surface area contributed by atoms with E-state index in [2.05, 4.69) is 15.6 Å².